The van der Waals surface area contributed by atoms with Gasteiger partial charge in [-0.3, -0.25) is 9.59 Å². The molecule has 0 heterocycles. The van der Waals surface area contributed by atoms with Gasteiger partial charge in [0.1, 0.15) is 6.04 Å². The summed E-state index contributed by atoms with van der Waals surface area (Å²) in [5.41, 5.74) is -0.544. The molecule has 100 valence electrons. The molecule has 0 unspecified atom stereocenters. The Morgan fingerprint density at radius 2 is 1.71 bits per heavy atom. The van der Waals surface area contributed by atoms with Crippen molar-refractivity contribution in [1.29, 1.82) is 0 Å². The van der Waals surface area contributed by atoms with Gasteiger partial charge in [-0.25, -0.2) is 13.1 Å². The lowest BCUT2D eigenvalue weighted by Crippen LogP contribution is -2.44. The summed E-state index contributed by atoms with van der Waals surface area (Å²) in [6, 6.07) is -1.64. The summed E-state index contributed by atoms with van der Waals surface area (Å²) in [5, 5.41) is 17.2. The third-order valence-electron chi connectivity index (χ3n) is 1.62. The quantitative estimate of drug-likeness (QED) is 0.617. The molecule has 0 bridgehead atoms. The van der Waals surface area contributed by atoms with Gasteiger partial charge < -0.3 is 10.2 Å². The molecule has 0 aliphatic carbocycles. The predicted molar refractivity (Wildman–Crippen MR) is 60.1 cm³/mol. The summed E-state index contributed by atoms with van der Waals surface area (Å²) < 4.78 is 25.0. The average molecular weight is 267 g/mol. The minimum absolute atomic E-state index is 0.274. The monoisotopic (exact) mass is 267 g/mol. The molecule has 0 saturated heterocycles. The number of rotatable bonds is 6. The summed E-state index contributed by atoms with van der Waals surface area (Å²) >= 11 is 0. The molecular formula is C9H17NO6S. The van der Waals surface area contributed by atoms with Crippen molar-refractivity contribution in [2.75, 3.05) is 5.75 Å². The van der Waals surface area contributed by atoms with E-state index < -0.39 is 39.8 Å². The molecule has 0 aromatic heterocycles. The van der Waals surface area contributed by atoms with E-state index in [4.69, 9.17) is 10.2 Å². The number of carboxylic acid groups (broad SMARTS) is 2. The molecule has 0 fully saturated rings. The molecule has 0 rings (SSSR count). The van der Waals surface area contributed by atoms with Crippen LogP contribution in [0.2, 0.25) is 0 Å². The van der Waals surface area contributed by atoms with Crippen molar-refractivity contribution >= 4 is 22.0 Å². The Morgan fingerprint density at radius 1 is 1.24 bits per heavy atom. The summed E-state index contributed by atoms with van der Waals surface area (Å²) in [6.45, 7) is 5.04. The molecule has 0 saturated carbocycles. The molecule has 8 heteroatoms. The minimum atomic E-state index is -3.82. The third kappa shape index (κ3) is 7.70. The molecule has 3 N–H and O–H groups in total. The van der Waals surface area contributed by atoms with Crippen molar-refractivity contribution in [1.82, 2.24) is 4.72 Å². The Morgan fingerprint density at radius 3 is 2.00 bits per heavy atom. The number of hydrogen-bond acceptors (Lipinski definition) is 4. The van der Waals surface area contributed by atoms with Crippen LogP contribution in [0.15, 0.2) is 0 Å². The predicted octanol–water partition coefficient (Wildman–Crippen LogP) is -0.120. The van der Waals surface area contributed by atoms with Crippen molar-refractivity contribution in [2.45, 2.75) is 33.2 Å². The third-order valence-corrected chi connectivity index (χ3v) is 3.51. The van der Waals surface area contributed by atoms with Crippen LogP contribution in [0, 0.1) is 5.41 Å². The molecule has 0 aromatic rings. The van der Waals surface area contributed by atoms with Crippen molar-refractivity contribution in [2.24, 2.45) is 5.41 Å². The van der Waals surface area contributed by atoms with Crippen LogP contribution >= 0.6 is 0 Å². The number of carboxylic acids is 2. The topological polar surface area (TPSA) is 121 Å². The second-order valence-corrected chi connectivity index (χ2v) is 6.68. The Bertz CT molecular complexity index is 394. The maximum absolute atomic E-state index is 11.6. The lowest BCUT2D eigenvalue weighted by molar-refractivity contribution is -0.145. The van der Waals surface area contributed by atoms with E-state index in [0.717, 1.165) is 0 Å². The van der Waals surface area contributed by atoms with Crippen LogP contribution < -0.4 is 4.72 Å². The zero-order chi connectivity index (χ0) is 13.9. The number of carbonyl (C=O) groups is 2. The highest BCUT2D eigenvalue weighted by Crippen LogP contribution is 2.15. The number of sulfonamides is 1. The van der Waals surface area contributed by atoms with Gasteiger partial charge in [-0.15, -0.1) is 0 Å². The summed E-state index contributed by atoms with van der Waals surface area (Å²) in [5.74, 6) is -3.16. The lowest BCUT2D eigenvalue weighted by atomic mass is 10.0. The van der Waals surface area contributed by atoms with Gasteiger partial charge in [-0.05, 0) is 5.41 Å². The maximum Gasteiger partial charge on any atom is 0.322 e. The Hall–Kier alpha value is -1.15. The van der Waals surface area contributed by atoms with Crippen LogP contribution in [0.25, 0.3) is 0 Å². The molecule has 1 atom stereocenters. The van der Waals surface area contributed by atoms with Crippen molar-refractivity contribution in [3.05, 3.63) is 0 Å². The second-order valence-electron chi connectivity index (χ2n) is 4.93. The molecule has 0 aliphatic heterocycles. The zero-order valence-electron chi connectivity index (χ0n) is 9.93. The van der Waals surface area contributed by atoms with Gasteiger partial charge in [0, 0.05) is 0 Å². The fourth-order valence-electron chi connectivity index (χ4n) is 1.18. The first-order valence-electron chi connectivity index (χ1n) is 4.87. The Labute approximate surface area is 99.9 Å². The van der Waals surface area contributed by atoms with Crippen LogP contribution in [0.5, 0.6) is 0 Å². The SMILES string of the molecule is CC(C)(C)CS(=O)(=O)N[C@@H](CC(=O)O)C(=O)O. The molecule has 0 amide bonds. The normalized spacial score (nSPS) is 14.3. The minimum Gasteiger partial charge on any atom is -0.481 e. The van der Waals surface area contributed by atoms with Gasteiger partial charge in [-0.1, -0.05) is 20.8 Å². The summed E-state index contributed by atoms with van der Waals surface area (Å²) in [6.07, 6.45) is -0.793. The molecule has 0 aliphatic rings. The highest BCUT2D eigenvalue weighted by atomic mass is 32.2. The van der Waals surface area contributed by atoms with E-state index in [1.807, 2.05) is 4.72 Å². The van der Waals surface area contributed by atoms with E-state index in [1.54, 1.807) is 20.8 Å². The molecular weight excluding hydrogens is 250 g/mol. The second kappa shape index (κ2) is 5.46. The molecule has 0 radical (unpaired) electrons. The van der Waals surface area contributed by atoms with E-state index >= 15 is 0 Å². The number of hydrogen-bond donors (Lipinski definition) is 3. The van der Waals surface area contributed by atoms with Crippen molar-refractivity contribution in [3.8, 4) is 0 Å². The maximum atomic E-state index is 11.6. The highest BCUT2D eigenvalue weighted by Gasteiger charge is 2.29. The molecule has 0 spiro atoms. The van der Waals surface area contributed by atoms with Gasteiger partial charge in [0.25, 0.3) is 0 Å². The van der Waals surface area contributed by atoms with Gasteiger partial charge in [0.15, 0.2) is 0 Å². The highest BCUT2D eigenvalue weighted by molar-refractivity contribution is 7.89. The molecule has 0 aromatic carbocycles. The van der Waals surface area contributed by atoms with Gasteiger partial charge >= 0.3 is 11.9 Å². The zero-order valence-corrected chi connectivity index (χ0v) is 10.7. The van der Waals surface area contributed by atoms with Crippen molar-refractivity contribution in [3.63, 3.8) is 0 Å². The van der Waals surface area contributed by atoms with Crippen LogP contribution in [0.1, 0.15) is 27.2 Å². The first-order chi connectivity index (χ1) is 7.43. The van der Waals surface area contributed by atoms with Crippen LogP contribution in [0.4, 0.5) is 0 Å². The lowest BCUT2D eigenvalue weighted by Gasteiger charge is -2.20. The van der Waals surface area contributed by atoms with Crippen LogP contribution in [-0.2, 0) is 19.6 Å². The average Bonchev–Trinajstić information content (AvgIpc) is 1.95. The summed E-state index contributed by atoms with van der Waals surface area (Å²) in [7, 11) is -3.82. The smallest absolute Gasteiger partial charge is 0.322 e. The fraction of sp³-hybridized carbons (Fsp3) is 0.778. The van der Waals surface area contributed by atoms with Gasteiger partial charge in [-0.2, -0.15) is 0 Å². The fourth-order valence-corrected chi connectivity index (χ4v) is 3.02. The number of nitrogens with one attached hydrogen (secondary N) is 1. The van der Waals surface area contributed by atoms with E-state index in [9.17, 15) is 18.0 Å². The summed E-state index contributed by atoms with van der Waals surface area (Å²) in [4.78, 5) is 21.1. The first-order valence-corrected chi connectivity index (χ1v) is 6.53. The van der Waals surface area contributed by atoms with E-state index in [-0.39, 0.29) is 5.75 Å². The standard InChI is InChI=1S/C9H17NO6S/c1-9(2,3)5-17(15,16)10-6(8(13)14)4-7(11)12/h6,10H,4-5H2,1-3H3,(H,11,12)(H,13,14)/t6-/m0/s1. The van der Waals surface area contributed by atoms with Crippen LogP contribution in [-0.4, -0.2) is 42.4 Å². The first kappa shape index (κ1) is 15.9. The van der Waals surface area contributed by atoms with Crippen LogP contribution in [0.3, 0.4) is 0 Å². The van der Waals surface area contributed by atoms with E-state index in [0.29, 0.717) is 0 Å². The van der Waals surface area contributed by atoms with Gasteiger partial charge in [0.2, 0.25) is 10.0 Å². The van der Waals surface area contributed by atoms with Crippen molar-refractivity contribution < 1.29 is 28.2 Å². The van der Waals surface area contributed by atoms with E-state index in [2.05, 4.69) is 0 Å². The molecule has 7 nitrogen and oxygen atoms in total. The molecule has 17 heavy (non-hydrogen) atoms. The number of aliphatic carboxylic acids is 2. The van der Waals surface area contributed by atoms with E-state index in [1.165, 1.54) is 0 Å². The Balaban J connectivity index is 4.76. The largest absolute Gasteiger partial charge is 0.481 e. The van der Waals surface area contributed by atoms with Gasteiger partial charge in [0.05, 0.1) is 12.2 Å². The Kier molecular flexibility index (Phi) is 5.09.